The van der Waals surface area contributed by atoms with Crippen molar-refractivity contribution in [2.24, 2.45) is 0 Å². The lowest BCUT2D eigenvalue weighted by molar-refractivity contribution is 0.0583. The molecule has 2 rings (SSSR count). The van der Waals surface area contributed by atoms with E-state index in [2.05, 4.69) is 22.9 Å². The lowest BCUT2D eigenvalue weighted by atomic mass is 9.90. The Kier molecular flexibility index (Phi) is 4.14. The molecule has 1 aliphatic heterocycles. The molecule has 18 heavy (non-hydrogen) atoms. The summed E-state index contributed by atoms with van der Waals surface area (Å²) >= 11 is 5.25. The Bertz CT molecular complexity index is 452. The highest BCUT2D eigenvalue weighted by Gasteiger charge is 2.40. The molecule has 1 aromatic carbocycles. The highest BCUT2D eigenvalue weighted by Crippen LogP contribution is 2.48. The maximum atomic E-state index is 10.8. The molecule has 0 spiro atoms. The molecule has 2 atom stereocenters. The van der Waals surface area contributed by atoms with Crippen LogP contribution in [-0.2, 0) is 5.60 Å². The number of rotatable bonds is 3. The summed E-state index contributed by atoms with van der Waals surface area (Å²) in [5.74, 6) is 2.06. The van der Waals surface area contributed by atoms with Gasteiger partial charge in [0, 0.05) is 16.6 Å². The molecular formula is C13H17BrO3S. The first-order valence-corrected chi connectivity index (χ1v) is 7.61. The number of halogens is 1. The Morgan fingerprint density at radius 3 is 2.61 bits per heavy atom. The summed E-state index contributed by atoms with van der Waals surface area (Å²) in [5, 5.41) is 11.2. The highest BCUT2D eigenvalue weighted by molar-refractivity contribution is 9.10. The number of hydrogen-bond acceptors (Lipinski definition) is 4. The van der Waals surface area contributed by atoms with Gasteiger partial charge in [-0.3, -0.25) is 0 Å². The van der Waals surface area contributed by atoms with Crippen LogP contribution in [0.2, 0.25) is 0 Å². The lowest BCUT2D eigenvalue weighted by Crippen LogP contribution is -2.26. The molecule has 5 heteroatoms. The number of hydrogen-bond donors (Lipinski definition) is 1. The van der Waals surface area contributed by atoms with E-state index in [-0.39, 0.29) is 0 Å². The van der Waals surface area contributed by atoms with Gasteiger partial charge in [-0.1, -0.05) is 6.92 Å². The van der Waals surface area contributed by atoms with Crippen LogP contribution in [0.5, 0.6) is 11.5 Å². The molecule has 100 valence electrons. The third-order valence-electron chi connectivity index (χ3n) is 3.22. The quantitative estimate of drug-likeness (QED) is 0.922. The van der Waals surface area contributed by atoms with Crippen LogP contribution in [0.4, 0.5) is 0 Å². The number of methoxy groups -OCH3 is 2. The Labute approximate surface area is 120 Å². The summed E-state index contributed by atoms with van der Waals surface area (Å²) in [6.45, 7) is 2.13. The van der Waals surface area contributed by atoms with Crippen molar-refractivity contribution in [1.82, 2.24) is 0 Å². The van der Waals surface area contributed by atoms with Gasteiger partial charge in [-0.25, -0.2) is 0 Å². The van der Waals surface area contributed by atoms with Crippen molar-refractivity contribution in [3.05, 3.63) is 22.2 Å². The molecule has 0 aliphatic carbocycles. The van der Waals surface area contributed by atoms with E-state index in [1.807, 2.05) is 12.1 Å². The molecule has 1 heterocycles. The highest BCUT2D eigenvalue weighted by atomic mass is 79.9. The van der Waals surface area contributed by atoms with Crippen molar-refractivity contribution in [1.29, 1.82) is 0 Å². The van der Waals surface area contributed by atoms with Crippen molar-refractivity contribution in [3.8, 4) is 11.5 Å². The molecular weight excluding hydrogens is 316 g/mol. The molecule has 0 saturated carbocycles. The third-order valence-corrected chi connectivity index (χ3v) is 5.35. The van der Waals surface area contributed by atoms with E-state index in [1.165, 1.54) is 0 Å². The van der Waals surface area contributed by atoms with E-state index in [1.54, 1.807) is 26.0 Å². The molecule has 3 nitrogen and oxygen atoms in total. The van der Waals surface area contributed by atoms with E-state index in [4.69, 9.17) is 9.47 Å². The summed E-state index contributed by atoms with van der Waals surface area (Å²) in [5.41, 5.74) is 0.0130. The van der Waals surface area contributed by atoms with Crippen LogP contribution in [0.3, 0.4) is 0 Å². The molecule has 0 radical (unpaired) electrons. The van der Waals surface area contributed by atoms with Crippen molar-refractivity contribution in [3.63, 3.8) is 0 Å². The van der Waals surface area contributed by atoms with E-state index in [0.717, 1.165) is 16.5 Å². The Morgan fingerprint density at radius 2 is 2.11 bits per heavy atom. The van der Waals surface area contributed by atoms with Gasteiger partial charge in [-0.2, -0.15) is 11.8 Å². The minimum atomic E-state index is -0.815. The molecule has 0 aromatic heterocycles. The largest absolute Gasteiger partial charge is 0.495 e. The molecule has 2 unspecified atom stereocenters. The van der Waals surface area contributed by atoms with Gasteiger partial charge < -0.3 is 14.6 Å². The summed E-state index contributed by atoms with van der Waals surface area (Å²) in [6.07, 6.45) is 0.743. The van der Waals surface area contributed by atoms with Gasteiger partial charge in [0.05, 0.1) is 14.2 Å². The van der Waals surface area contributed by atoms with Gasteiger partial charge in [-0.15, -0.1) is 0 Å². The maximum absolute atomic E-state index is 10.8. The van der Waals surface area contributed by atoms with E-state index in [0.29, 0.717) is 22.5 Å². The van der Waals surface area contributed by atoms with Crippen LogP contribution in [0.15, 0.2) is 16.6 Å². The monoisotopic (exact) mass is 332 g/mol. The first kappa shape index (κ1) is 14.0. The zero-order chi connectivity index (χ0) is 13.3. The van der Waals surface area contributed by atoms with Crippen LogP contribution in [0.1, 0.15) is 18.9 Å². The van der Waals surface area contributed by atoms with Crippen LogP contribution in [-0.4, -0.2) is 30.3 Å². The summed E-state index contributed by atoms with van der Waals surface area (Å²) in [7, 11) is 3.22. The number of ether oxygens (including phenoxy) is 2. The number of aliphatic hydroxyl groups is 1. The topological polar surface area (TPSA) is 38.7 Å². The predicted octanol–water partition coefficient (Wildman–Crippen LogP) is 3.18. The minimum Gasteiger partial charge on any atom is -0.495 e. The van der Waals surface area contributed by atoms with Gasteiger partial charge in [0.1, 0.15) is 21.6 Å². The van der Waals surface area contributed by atoms with Crippen molar-refractivity contribution >= 4 is 27.7 Å². The Hall–Kier alpha value is -0.390. The molecule has 1 saturated heterocycles. The number of thioether (sulfide) groups is 1. The van der Waals surface area contributed by atoms with Crippen molar-refractivity contribution in [2.75, 3.05) is 20.0 Å². The second-order valence-corrected chi connectivity index (χ2v) is 6.74. The Balaban J connectivity index is 2.48. The normalized spacial score (nSPS) is 27.3. The average molecular weight is 333 g/mol. The molecule has 0 bridgehead atoms. The fraction of sp³-hybridized carbons (Fsp3) is 0.538. The summed E-state index contributed by atoms with van der Waals surface area (Å²) < 4.78 is 11.4. The zero-order valence-corrected chi connectivity index (χ0v) is 13.1. The number of benzene rings is 1. The van der Waals surface area contributed by atoms with E-state index in [9.17, 15) is 5.11 Å². The third kappa shape index (κ3) is 2.36. The maximum Gasteiger partial charge on any atom is 0.142 e. The van der Waals surface area contributed by atoms with E-state index >= 15 is 0 Å². The average Bonchev–Trinajstić information content (AvgIpc) is 2.70. The summed E-state index contributed by atoms with van der Waals surface area (Å²) in [4.78, 5) is 0. The second kappa shape index (κ2) is 5.31. The van der Waals surface area contributed by atoms with Crippen molar-refractivity contribution in [2.45, 2.75) is 24.2 Å². The fourth-order valence-corrected chi connectivity index (χ4v) is 4.22. The summed E-state index contributed by atoms with van der Waals surface area (Å²) in [6, 6.07) is 3.74. The molecule has 0 amide bonds. The standard InChI is InChI=1S/C13H17BrO3S/c1-8-6-13(15,7-18-8)9-4-5-10(16-2)11(14)12(9)17-3/h4-5,8,15H,6-7H2,1-3H3. The van der Waals surface area contributed by atoms with Crippen LogP contribution >= 0.6 is 27.7 Å². The lowest BCUT2D eigenvalue weighted by Gasteiger charge is -2.25. The second-order valence-electron chi connectivity index (χ2n) is 4.52. The Morgan fingerprint density at radius 1 is 1.39 bits per heavy atom. The van der Waals surface area contributed by atoms with Crippen LogP contribution < -0.4 is 9.47 Å². The predicted molar refractivity (Wildman–Crippen MR) is 77.7 cm³/mol. The van der Waals surface area contributed by atoms with Gasteiger partial charge >= 0.3 is 0 Å². The smallest absolute Gasteiger partial charge is 0.142 e. The molecule has 1 N–H and O–H groups in total. The zero-order valence-electron chi connectivity index (χ0n) is 10.7. The van der Waals surface area contributed by atoms with Crippen LogP contribution in [0, 0.1) is 0 Å². The van der Waals surface area contributed by atoms with Crippen LogP contribution in [0.25, 0.3) is 0 Å². The molecule has 1 fully saturated rings. The minimum absolute atomic E-state index is 0.459. The first-order chi connectivity index (χ1) is 8.51. The molecule has 1 aliphatic rings. The van der Waals surface area contributed by atoms with Gasteiger partial charge in [0.2, 0.25) is 0 Å². The van der Waals surface area contributed by atoms with Gasteiger partial charge in [0.25, 0.3) is 0 Å². The fourth-order valence-electron chi connectivity index (χ4n) is 2.32. The van der Waals surface area contributed by atoms with E-state index < -0.39 is 5.60 Å². The molecule has 1 aromatic rings. The van der Waals surface area contributed by atoms with Crippen molar-refractivity contribution < 1.29 is 14.6 Å². The SMILES string of the molecule is COc1ccc(C2(O)CSC(C)C2)c(OC)c1Br. The van der Waals surface area contributed by atoms with Gasteiger partial charge in [0.15, 0.2) is 0 Å². The first-order valence-electron chi connectivity index (χ1n) is 5.77. The van der Waals surface area contributed by atoms with Gasteiger partial charge in [-0.05, 0) is 34.5 Å².